The van der Waals surface area contributed by atoms with Crippen LogP contribution in [-0.2, 0) is 4.84 Å². The summed E-state index contributed by atoms with van der Waals surface area (Å²) in [5.74, 6) is -0.474. The number of Topliss-reactive ketones (excluding diaryl/α,β-unsaturated/α-hetero) is 1. The van der Waals surface area contributed by atoms with Gasteiger partial charge >= 0.3 is 0 Å². The van der Waals surface area contributed by atoms with E-state index in [0.717, 1.165) is 0 Å². The van der Waals surface area contributed by atoms with Crippen molar-refractivity contribution in [1.29, 1.82) is 0 Å². The lowest BCUT2D eigenvalue weighted by molar-refractivity contribution is 0.105. The highest BCUT2D eigenvalue weighted by atomic mass is 35.5. The molecule has 114 valence electrons. The van der Waals surface area contributed by atoms with Gasteiger partial charge in [-0.15, -0.1) is 0 Å². The third kappa shape index (κ3) is 3.39. The van der Waals surface area contributed by atoms with E-state index in [1.807, 2.05) is 0 Å². The number of hydrogen-bond donors (Lipinski definition) is 0. The summed E-state index contributed by atoms with van der Waals surface area (Å²) in [5.41, 5.74) is 0.525. The molecule has 0 spiro atoms. The molecule has 0 unspecified atom stereocenters. The fourth-order valence-corrected chi connectivity index (χ4v) is 2.57. The van der Waals surface area contributed by atoms with Gasteiger partial charge in [-0.25, -0.2) is 0 Å². The Morgan fingerprint density at radius 3 is 1.95 bits per heavy atom. The van der Waals surface area contributed by atoms with Crippen molar-refractivity contribution < 1.29 is 9.63 Å². The van der Waals surface area contributed by atoms with E-state index in [0.29, 0.717) is 10.6 Å². The van der Waals surface area contributed by atoms with E-state index in [9.17, 15) is 4.79 Å². The minimum absolute atomic E-state index is 0.0147. The van der Waals surface area contributed by atoms with E-state index in [1.54, 1.807) is 36.4 Å². The summed E-state index contributed by atoms with van der Waals surface area (Å²) in [5, 5.41) is 4.67. The molecule has 2 rings (SSSR count). The molecule has 0 amide bonds. The molecule has 0 bridgehead atoms. The lowest BCUT2D eigenvalue weighted by Crippen LogP contribution is -2.17. The van der Waals surface area contributed by atoms with Crippen molar-refractivity contribution in [3.05, 3.63) is 67.6 Å². The predicted octanol–water partition coefficient (Wildman–Crippen LogP) is 5.53. The van der Waals surface area contributed by atoms with Crippen LogP contribution in [0.1, 0.15) is 15.9 Å². The van der Waals surface area contributed by atoms with E-state index in [-0.39, 0.29) is 26.3 Å². The monoisotopic (exact) mass is 375 g/mol. The lowest BCUT2D eigenvalue weighted by Gasteiger charge is -2.10. The first-order chi connectivity index (χ1) is 10.5. The molecule has 3 nitrogen and oxygen atoms in total. The third-order valence-electron chi connectivity index (χ3n) is 2.80. The van der Waals surface area contributed by atoms with E-state index in [1.165, 1.54) is 7.11 Å². The van der Waals surface area contributed by atoms with Gasteiger partial charge in [-0.05, 0) is 18.2 Å². The van der Waals surface area contributed by atoms with Crippen LogP contribution in [0.25, 0.3) is 0 Å². The molecule has 0 aliphatic carbocycles. The first-order valence-electron chi connectivity index (χ1n) is 6.01. The van der Waals surface area contributed by atoms with Crippen molar-refractivity contribution in [2.75, 3.05) is 7.11 Å². The van der Waals surface area contributed by atoms with Crippen LogP contribution in [0.4, 0.5) is 0 Å². The van der Waals surface area contributed by atoms with Crippen molar-refractivity contribution in [1.82, 2.24) is 0 Å². The van der Waals surface area contributed by atoms with E-state index in [2.05, 4.69) is 5.16 Å². The van der Waals surface area contributed by atoms with Crippen molar-refractivity contribution in [2.45, 2.75) is 0 Å². The van der Waals surface area contributed by atoms with Crippen molar-refractivity contribution in [2.24, 2.45) is 5.16 Å². The van der Waals surface area contributed by atoms with Crippen LogP contribution in [-0.4, -0.2) is 18.6 Å². The maximum atomic E-state index is 12.7. The maximum Gasteiger partial charge on any atom is 0.216 e. The summed E-state index contributed by atoms with van der Waals surface area (Å²) in [6.45, 7) is 0. The molecule has 0 fully saturated rings. The van der Waals surface area contributed by atoms with Crippen LogP contribution in [0.5, 0.6) is 0 Å². The Labute approximate surface area is 147 Å². The molecule has 0 N–H and O–H groups in total. The number of halogens is 4. The highest BCUT2D eigenvalue weighted by Gasteiger charge is 2.23. The maximum absolute atomic E-state index is 12.7. The van der Waals surface area contributed by atoms with Gasteiger partial charge < -0.3 is 4.84 Å². The van der Waals surface area contributed by atoms with Crippen LogP contribution >= 0.6 is 46.4 Å². The Hall–Kier alpha value is -1.26. The van der Waals surface area contributed by atoms with Gasteiger partial charge in [0.1, 0.15) is 7.11 Å². The lowest BCUT2D eigenvalue weighted by atomic mass is 10.0. The molecule has 0 radical (unpaired) electrons. The van der Waals surface area contributed by atoms with Crippen molar-refractivity contribution in [3.8, 4) is 0 Å². The fraction of sp³-hybridized carbons (Fsp3) is 0.0667. The summed E-state index contributed by atoms with van der Waals surface area (Å²) in [6, 6.07) is 9.62. The minimum atomic E-state index is -0.474. The van der Waals surface area contributed by atoms with Gasteiger partial charge in [0, 0.05) is 11.1 Å². The molecule has 0 saturated carbocycles. The number of oxime groups is 1. The Kier molecular flexibility index (Phi) is 5.70. The number of carbonyl (C=O) groups is 1. The summed E-state index contributed by atoms with van der Waals surface area (Å²) < 4.78 is 0. The first-order valence-corrected chi connectivity index (χ1v) is 7.52. The molecule has 0 aliphatic heterocycles. The number of ketones is 1. The van der Waals surface area contributed by atoms with Crippen molar-refractivity contribution >= 4 is 57.9 Å². The topological polar surface area (TPSA) is 38.7 Å². The molecule has 0 aliphatic rings. The summed E-state index contributed by atoms with van der Waals surface area (Å²) in [4.78, 5) is 17.5. The molecule has 0 aromatic heterocycles. The average molecular weight is 377 g/mol. The Balaban J connectivity index is 2.58. The van der Waals surface area contributed by atoms with E-state index < -0.39 is 5.78 Å². The summed E-state index contributed by atoms with van der Waals surface area (Å²) in [6.07, 6.45) is 0. The highest BCUT2D eigenvalue weighted by molar-refractivity contribution is 6.57. The SMILES string of the molecule is CON=C(C(=O)c1cccc(Cl)c1Cl)c1cccc(Cl)c1Cl. The fourth-order valence-electron chi connectivity index (χ4n) is 1.80. The standard InChI is InChI=1S/C15H9Cl4NO2/c1-22-20-14(8-4-2-6-10(16)12(8)18)15(21)9-5-3-7-11(17)13(9)19/h2-7H,1H3. The average Bonchev–Trinajstić information content (AvgIpc) is 2.50. The number of benzene rings is 2. The largest absolute Gasteiger partial charge is 0.399 e. The zero-order valence-electron chi connectivity index (χ0n) is 11.2. The van der Waals surface area contributed by atoms with Crippen LogP contribution in [0.2, 0.25) is 20.1 Å². The molecule has 2 aromatic rings. The second-order valence-corrected chi connectivity index (χ2v) is 5.72. The van der Waals surface area contributed by atoms with Crippen LogP contribution in [0.3, 0.4) is 0 Å². The van der Waals surface area contributed by atoms with Crippen LogP contribution in [0, 0.1) is 0 Å². The minimum Gasteiger partial charge on any atom is -0.399 e. The normalized spacial score (nSPS) is 11.4. The van der Waals surface area contributed by atoms with Crippen LogP contribution < -0.4 is 0 Å². The first kappa shape index (κ1) is 17.1. The third-order valence-corrected chi connectivity index (χ3v) is 4.44. The van der Waals surface area contributed by atoms with E-state index in [4.69, 9.17) is 51.2 Å². The van der Waals surface area contributed by atoms with Gasteiger partial charge in [0.2, 0.25) is 5.78 Å². The number of hydrogen-bond acceptors (Lipinski definition) is 3. The molecular weight excluding hydrogens is 368 g/mol. The highest BCUT2D eigenvalue weighted by Crippen LogP contribution is 2.30. The van der Waals surface area contributed by atoms with Gasteiger partial charge in [-0.3, -0.25) is 4.79 Å². The molecule has 0 atom stereocenters. The molecule has 0 saturated heterocycles. The quantitative estimate of drug-likeness (QED) is 0.399. The van der Waals surface area contributed by atoms with Gasteiger partial charge in [-0.2, -0.15) is 0 Å². The Morgan fingerprint density at radius 2 is 1.41 bits per heavy atom. The molecular formula is C15H9Cl4NO2. The number of rotatable bonds is 4. The number of carbonyl (C=O) groups excluding carboxylic acids is 1. The molecule has 2 aromatic carbocycles. The summed E-state index contributed by atoms with van der Waals surface area (Å²) >= 11 is 24.1. The van der Waals surface area contributed by atoms with Gasteiger partial charge in [0.15, 0.2) is 5.71 Å². The smallest absolute Gasteiger partial charge is 0.216 e. The predicted molar refractivity (Wildman–Crippen MR) is 90.8 cm³/mol. The van der Waals surface area contributed by atoms with Gasteiger partial charge in [0.25, 0.3) is 0 Å². The Bertz CT molecular complexity index is 759. The van der Waals surface area contributed by atoms with Crippen molar-refractivity contribution in [3.63, 3.8) is 0 Å². The second-order valence-electron chi connectivity index (χ2n) is 4.15. The van der Waals surface area contributed by atoms with Crippen LogP contribution in [0.15, 0.2) is 41.6 Å². The summed E-state index contributed by atoms with van der Waals surface area (Å²) in [7, 11) is 1.32. The van der Waals surface area contributed by atoms with Gasteiger partial charge in [0.05, 0.1) is 20.1 Å². The Morgan fingerprint density at radius 1 is 0.909 bits per heavy atom. The molecule has 7 heteroatoms. The molecule has 0 heterocycles. The number of nitrogens with zero attached hydrogens (tertiary/aromatic N) is 1. The van der Waals surface area contributed by atoms with Gasteiger partial charge in [-0.1, -0.05) is 69.8 Å². The molecule has 22 heavy (non-hydrogen) atoms. The second kappa shape index (κ2) is 7.34. The van der Waals surface area contributed by atoms with E-state index >= 15 is 0 Å². The zero-order chi connectivity index (χ0) is 16.3. The zero-order valence-corrected chi connectivity index (χ0v) is 14.3.